The fraction of sp³-hybridized carbons (Fsp3) is 0.652. The predicted molar refractivity (Wildman–Crippen MR) is 111 cm³/mol. The summed E-state index contributed by atoms with van der Waals surface area (Å²) in [5, 5.41) is 3.01. The smallest absolute Gasteiger partial charge is 0.227 e. The third kappa shape index (κ3) is 5.06. The summed E-state index contributed by atoms with van der Waals surface area (Å²) in [6.07, 6.45) is 7.80. The maximum absolute atomic E-state index is 13.0. The van der Waals surface area contributed by atoms with Crippen LogP contribution in [0, 0.1) is 11.8 Å². The summed E-state index contributed by atoms with van der Waals surface area (Å²) >= 11 is 0. The minimum atomic E-state index is -0.000976. The number of piperidine rings is 1. The van der Waals surface area contributed by atoms with Crippen molar-refractivity contribution in [2.24, 2.45) is 11.8 Å². The molecule has 1 atom stereocenters. The largest absolute Gasteiger partial charge is 0.494 e. The molecule has 1 aromatic carbocycles. The lowest BCUT2D eigenvalue weighted by atomic mass is 9.80. The zero-order chi connectivity index (χ0) is 19.9. The Kier molecular flexibility index (Phi) is 7.35. The molecule has 1 aromatic rings. The van der Waals surface area contributed by atoms with Crippen molar-refractivity contribution in [2.45, 2.75) is 71.3 Å². The van der Waals surface area contributed by atoms with Crippen molar-refractivity contribution < 1.29 is 14.3 Å². The molecule has 1 saturated heterocycles. The summed E-state index contributed by atoms with van der Waals surface area (Å²) in [6, 6.07) is 7.91. The van der Waals surface area contributed by atoms with E-state index in [0.29, 0.717) is 18.6 Å². The van der Waals surface area contributed by atoms with E-state index in [0.717, 1.165) is 62.9 Å². The van der Waals surface area contributed by atoms with Gasteiger partial charge in [0.1, 0.15) is 5.75 Å². The number of rotatable bonds is 6. The number of likely N-dealkylation sites (tertiary alicyclic amines) is 1. The minimum Gasteiger partial charge on any atom is -0.494 e. The number of amides is 2. The van der Waals surface area contributed by atoms with Crippen molar-refractivity contribution in [1.82, 2.24) is 4.90 Å². The van der Waals surface area contributed by atoms with Crippen LogP contribution in [0.25, 0.3) is 0 Å². The zero-order valence-electron chi connectivity index (χ0n) is 17.3. The summed E-state index contributed by atoms with van der Waals surface area (Å²) < 4.78 is 5.43. The number of anilines is 1. The van der Waals surface area contributed by atoms with Crippen molar-refractivity contribution in [2.75, 3.05) is 18.5 Å². The van der Waals surface area contributed by atoms with E-state index in [2.05, 4.69) is 17.1 Å². The van der Waals surface area contributed by atoms with Crippen LogP contribution >= 0.6 is 0 Å². The van der Waals surface area contributed by atoms with Crippen molar-refractivity contribution in [3.8, 4) is 5.75 Å². The highest BCUT2D eigenvalue weighted by Crippen LogP contribution is 2.33. The highest BCUT2D eigenvalue weighted by Gasteiger charge is 2.34. The fourth-order valence-corrected chi connectivity index (χ4v) is 4.60. The lowest BCUT2D eigenvalue weighted by Gasteiger charge is -2.39. The van der Waals surface area contributed by atoms with Crippen LogP contribution in [0.3, 0.4) is 0 Å². The van der Waals surface area contributed by atoms with Crippen LogP contribution in [0.15, 0.2) is 24.3 Å². The Morgan fingerprint density at radius 2 is 1.68 bits per heavy atom. The fourth-order valence-electron chi connectivity index (χ4n) is 4.60. The van der Waals surface area contributed by atoms with E-state index in [1.165, 1.54) is 6.42 Å². The summed E-state index contributed by atoms with van der Waals surface area (Å²) in [7, 11) is 0. The van der Waals surface area contributed by atoms with Gasteiger partial charge in [0.05, 0.1) is 6.61 Å². The summed E-state index contributed by atoms with van der Waals surface area (Å²) in [5.41, 5.74) is 0.797. The molecule has 0 bridgehead atoms. The lowest BCUT2D eigenvalue weighted by molar-refractivity contribution is -0.141. The van der Waals surface area contributed by atoms with Crippen LogP contribution in [-0.4, -0.2) is 35.9 Å². The molecule has 1 saturated carbocycles. The lowest BCUT2D eigenvalue weighted by Crippen LogP contribution is -2.47. The zero-order valence-corrected chi connectivity index (χ0v) is 17.3. The van der Waals surface area contributed by atoms with Crippen LogP contribution in [-0.2, 0) is 9.59 Å². The van der Waals surface area contributed by atoms with E-state index in [4.69, 9.17) is 4.74 Å². The van der Waals surface area contributed by atoms with Gasteiger partial charge >= 0.3 is 0 Å². The first kappa shape index (κ1) is 20.7. The van der Waals surface area contributed by atoms with Crippen molar-refractivity contribution in [3.05, 3.63) is 24.3 Å². The summed E-state index contributed by atoms with van der Waals surface area (Å²) in [4.78, 5) is 27.7. The minimum absolute atomic E-state index is 0.000976. The summed E-state index contributed by atoms with van der Waals surface area (Å²) in [5.74, 6) is 1.31. The van der Waals surface area contributed by atoms with Gasteiger partial charge < -0.3 is 15.0 Å². The molecular weight excluding hydrogens is 352 g/mol. The number of hydrogen-bond donors (Lipinski definition) is 1. The predicted octanol–water partition coefficient (Wildman–Crippen LogP) is 4.62. The topological polar surface area (TPSA) is 58.6 Å². The van der Waals surface area contributed by atoms with Gasteiger partial charge in [-0.2, -0.15) is 0 Å². The molecule has 3 rings (SSSR count). The van der Waals surface area contributed by atoms with E-state index in [-0.39, 0.29) is 17.7 Å². The monoisotopic (exact) mass is 386 g/mol. The Morgan fingerprint density at radius 3 is 2.32 bits per heavy atom. The highest BCUT2D eigenvalue weighted by molar-refractivity contribution is 5.92. The van der Waals surface area contributed by atoms with Gasteiger partial charge in [0, 0.05) is 30.1 Å². The molecule has 1 aliphatic heterocycles. The maximum Gasteiger partial charge on any atom is 0.227 e. The molecule has 5 heteroatoms. The Morgan fingerprint density at radius 1 is 1.00 bits per heavy atom. The van der Waals surface area contributed by atoms with Crippen LogP contribution in [0.1, 0.15) is 65.2 Å². The maximum atomic E-state index is 13.0. The Bertz CT molecular complexity index is 650. The van der Waals surface area contributed by atoms with Crippen LogP contribution < -0.4 is 10.1 Å². The van der Waals surface area contributed by atoms with Gasteiger partial charge in [-0.05, 0) is 82.6 Å². The average Bonchev–Trinajstić information content (AvgIpc) is 2.75. The normalized spacial score (nSPS) is 25.2. The number of hydrogen-bond acceptors (Lipinski definition) is 3. The van der Waals surface area contributed by atoms with E-state index < -0.39 is 0 Å². The number of nitrogens with one attached hydrogen (secondary N) is 1. The summed E-state index contributed by atoms with van der Waals surface area (Å²) in [6.45, 7) is 5.67. The molecule has 2 fully saturated rings. The molecule has 0 aromatic heterocycles. The van der Waals surface area contributed by atoms with Crippen molar-refractivity contribution in [1.29, 1.82) is 0 Å². The number of carbonyl (C=O) groups is 2. The quantitative estimate of drug-likeness (QED) is 0.776. The second-order valence-electron chi connectivity index (χ2n) is 8.08. The Balaban J connectivity index is 1.49. The molecule has 0 spiro atoms. The molecule has 5 nitrogen and oxygen atoms in total. The number of benzene rings is 1. The van der Waals surface area contributed by atoms with Gasteiger partial charge in [0.2, 0.25) is 11.8 Å². The van der Waals surface area contributed by atoms with Gasteiger partial charge in [-0.15, -0.1) is 0 Å². The number of ether oxygens (including phenoxy) is 1. The molecule has 1 heterocycles. The van der Waals surface area contributed by atoms with E-state index in [1.54, 1.807) is 0 Å². The third-order valence-electron chi connectivity index (χ3n) is 6.26. The van der Waals surface area contributed by atoms with E-state index in [9.17, 15) is 9.59 Å². The molecule has 2 aliphatic rings. The average molecular weight is 387 g/mol. The first-order valence-electron chi connectivity index (χ1n) is 11.0. The number of nitrogens with zero attached hydrogens (tertiary/aromatic N) is 1. The SMILES string of the molecule is CCOc1ccc(NC(=O)C2CCC(C(=O)N3CCCCC3CC)CC2)cc1. The van der Waals surface area contributed by atoms with Crippen LogP contribution in [0.2, 0.25) is 0 Å². The first-order valence-corrected chi connectivity index (χ1v) is 11.0. The van der Waals surface area contributed by atoms with Gasteiger partial charge in [-0.25, -0.2) is 0 Å². The molecule has 1 unspecified atom stereocenters. The number of carbonyl (C=O) groups excluding carboxylic acids is 2. The molecule has 1 aliphatic carbocycles. The van der Waals surface area contributed by atoms with Crippen molar-refractivity contribution in [3.63, 3.8) is 0 Å². The Labute approximate surface area is 168 Å². The molecular formula is C23H34N2O3. The molecule has 28 heavy (non-hydrogen) atoms. The second-order valence-corrected chi connectivity index (χ2v) is 8.08. The Hall–Kier alpha value is -2.04. The molecule has 1 N–H and O–H groups in total. The van der Waals surface area contributed by atoms with Crippen LogP contribution in [0.4, 0.5) is 5.69 Å². The van der Waals surface area contributed by atoms with Gasteiger partial charge in [-0.1, -0.05) is 6.92 Å². The van der Waals surface area contributed by atoms with Gasteiger partial charge in [-0.3, -0.25) is 9.59 Å². The molecule has 0 radical (unpaired) electrons. The molecule has 154 valence electrons. The van der Waals surface area contributed by atoms with Gasteiger partial charge in [0.15, 0.2) is 0 Å². The van der Waals surface area contributed by atoms with Crippen molar-refractivity contribution >= 4 is 17.5 Å². The van der Waals surface area contributed by atoms with E-state index >= 15 is 0 Å². The van der Waals surface area contributed by atoms with Crippen LogP contribution in [0.5, 0.6) is 5.75 Å². The molecule has 2 amide bonds. The van der Waals surface area contributed by atoms with Gasteiger partial charge in [0.25, 0.3) is 0 Å². The first-order chi connectivity index (χ1) is 13.6. The standard InChI is InChI=1S/C23H34N2O3/c1-3-20-7-5-6-16-25(20)23(27)18-10-8-17(9-11-18)22(26)24-19-12-14-21(15-13-19)28-4-2/h12-15,17-18,20H,3-11,16H2,1-2H3,(H,24,26). The third-order valence-corrected chi connectivity index (χ3v) is 6.26. The highest BCUT2D eigenvalue weighted by atomic mass is 16.5. The van der Waals surface area contributed by atoms with E-state index in [1.807, 2.05) is 31.2 Å². The second kappa shape index (κ2) is 9.94.